The predicted molar refractivity (Wildman–Crippen MR) is 106 cm³/mol. The topological polar surface area (TPSA) is 53.8 Å². The summed E-state index contributed by atoms with van der Waals surface area (Å²) in [7, 11) is 3.92. The highest BCUT2D eigenvalue weighted by Gasteiger charge is 2.42. The minimum Gasteiger partial charge on any atom is -0.450 e. The second-order valence-electron chi connectivity index (χ2n) is 6.53. The van der Waals surface area contributed by atoms with Crippen molar-refractivity contribution in [3.05, 3.63) is 66.6 Å². The fraction of sp³-hybridized carbons (Fsp3) is 0.263. The molecule has 3 aromatic rings. The summed E-state index contributed by atoms with van der Waals surface area (Å²) in [6.45, 7) is 1.24. The minimum atomic E-state index is -0.392. The van der Waals surface area contributed by atoms with Gasteiger partial charge >= 0.3 is 0 Å². The zero-order valence-electron chi connectivity index (χ0n) is 14.4. The highest BCUT2D eigenvalue weighted by Crippen LogP contribution is 2.39. The first-order chi connectivity index (χ1) is 12.5. The van der Waals surface area contributed by atoms with Crippen molar-refractivity contribution in [3.63, 3.8) is 0 Å². The van der Waals surface area contributed by atoms with Crippen LogP contribution in [0.1, 0.15) is 27.0 Å². The summed E-state index contributed by atoms with van der Waals surface area (Å²) in [6.07, 6.45) is 0. The van der Waals surface area contributed by atoms with Gasteiger partial charge in [0.15, 0.2) is 5.43 Å². The van der Waals surface area contributed by atoms with Gasteiger partial charge in [0.1, 0.15) is 5.58 Å². The monoisotopic (exact) mass is 432 g/mol. The summed E-state index contributed by atoms with van der Waals surface area (Å²) < 4.78 is 6.70. The molecule has 1 amide bonds. The lowest BCUT2D eigenvalue weighted by Crippen LogP contribution is -2.35. The molecule has 0 fully saturated rings. The maximum Gasteiger partial charge on any atom is 0.290 e. The molecule has 26 heavy (non-hydrogen) atoms. The number of amides is 1. The van der Waals surface area contributed by atoms with Gasteiger partial charge in [-0.2, -0.15) is 0 Å². The van der Waals surface area contributed by atoms with Crippen LogP contribution in [0.5, 0.6) is 0 Å². The third kappa shape index (κ3) is 2.80. The van der Waals surface area contributed by atoms with E-state index in [4.69, 9.17) is 4.42 Å². The number of benzene rings is 1. The molecule has 0 saturated heterocycles. The molecule has 1 aliphatic rings. The quantitative estimate of drug-likeness (QED) is 0.630. The molecule has 0 saturated carbocycles. The lowest BCUT2D eigenvalue weighted by Gasteiger charge is -2.25. The van der Waals surface area contributed by atoms with Gasteiger partial charge in [0.05, 0.1) is 17.0 Å². The normalized spacial score (nSPS) is 16.7. The van der Waals surface area contributed by atoms with Crippen molar-refractivity contribution in [2.24, 2.45) is 0 Å². The van der Waals surface area contributed by atoms with E-state index in [1.54, 1.807) is 34.4 Å². The summed E-state index contributed by atoms with van der Waals surface area (Å²) >= 11 is 4.95. The molecule has 4 rings (SSSR count). The van der Waals surface area contributed by atoms with E-state index < -0.39 is 6.04 Å². The predicted octanol–water partition coefficient (Wildman–Crippen LogP) is 3.72. The van der Waals surface area contributed by atoms with Crippen molar-refractivity contribution in [2.45, 2.75) is 6.04 Å². The number of halogens is 1. The second kappa shape index (κ2) is 6.64. The Morgan fingerprint density at radius 2 is 2.08 bits per heavy atom. The van der Waals surface area contributed by atoms with Crippen LogP contribution in [0.15, 0.2) is 49.4 Å². The summed E-state index contributed by atoms with van der Waals surface area (Å²) in [5, 5.41) is 2.45. The van der Waals surface area contributed by atoms with E-state index in [2.05, 4.69) is 15.9 Å². The van der Waals surface area contributed by atoms with E-state index >= 15 is 0 Å². The number of fused-ring (bicyclic) bond motifs is 2. The van der Waals surface area contributed by atoms with Gasteiger partial charge < -0.3 is 14.2 Å². The average Bonchev–Trinajstić information content (AvgIpc) is 3.21. The molecule has 1 atom stereocenters. The fourth-order valence-corrected chi connectivity index (χ4v) is 4.48. The Hall–Kier alpha value is -1.96. The van der Waals surface area contributed by atoms with E-state index in [1.165, 1.54) is 0 Å². The second-order valence-corrected chi connectivity index (χ2v) is 8.43. The Labute approximate surface area is 163 Å². The van der Waals surface area contributed by atoms with E-state index in [0.717, 1.165) is 9.35 Å². The van der Waals surface area contributed by atoms with Crippen LogP contribution in [-0.2, 0) is 0 Å². The summed E-state index contributed by atoms with van der Waals surface area (Å²) in [5.74, 6) is -0.0517. The van der Waals surface area contributed by atoms with Gasteiger partial charge in [-0.3, -0.25) is 9.59 Å². The van der Waals surface area contributed by atoms with Gasteiger partial charge in [-0.25, -0.2) is 0 Å². The first kappa shape index (κ1) is 17.5. The molecule has 0 bridgehead atoms. The van der Waals surface area contributed by atoms with Gasteiger partial charge in [0.2, 0.25) is 5.76 Å². The van der Waals surface area contributed by atoms with Crippen LogP contribution < -0.4 is 5.43 Å². The molecular formula is C19H17BrN2O3S. The number of thiophene rings is 1. The number of hydrogen-bond acceptors (Lipinski definition) is 5. The summed E-state index contributed by atoms with van der Waals surface area (Å²) in [5.41, 5.74) is 0.744. The maximum absolute atomic E-state index is 13.2. The Kier molecular flexibility index (Phi) is 4.46. The molecule has 0 aliphatic carbocycles. The third-order valence-corrected chi connectivity index (χ3v) is 5.95. The van der Waals surface area contributed by atoms with Gasteiger partial charge in [0.25, 0.3) is 5.91 Å². The van der Waals surface area contributed by atoms with E-state index in [0.29, 0.717) is 29.6 Å². The molecule has 1 aromatic carbocycles. The van der Waals surface area contributed by atoms with Crippen LogP contribution in [0.3, 0.4) is 0 Å². The Balaban J connectivity index is 1.94. The van der Waals surface area contributed by atoms with Crippen LogP contribution in [0.25, 0.3) is 11.0 Å². The number of carbonyl (C=O) groups excluding carboxylic acids is 1. The van der Waals surface area contributed by atoms with Crippen molar-refractivity contribution >= 4 is 44.1 Å². The van der Waals surface area contributed by atoms with Gasteiger partial charge in [-0.1, -0.05) is 22.0 Å². The molecule has 2 aromatic heterocycles. The highest BCUT2D eigenvalue weighted by atomic mass is 79.9. The number of rotatable bonds is 4. The summed E-state index contributed by atoms with van der Waals surface area (Å²) in [6, 6.07) is 8.78. The molecule has 0 spiro atoms. The van der Waals surface area contributed by atoms with E-state index in [1.807, 2.05) is 36.5 Å². The number of nitrogens with zero attached hydrogens (tertiary/aromatic N) is 2. The molecular weight excluding hydrogens is 416 g/mol. The van der Waals surface area contributed by atoms with Gasteiger partial charge in [-0.05, 0) is 43.7 Å². The summed E-state index contributed by atoms with van der Waals surface area (Å²) in [4.78, 5) is 31.0. The molecule has 0 radical (unpaired) electrons. The van der Waals surface area contributed by atoms with Crippen LogP contribution >= 0.6 is 27.3 Å². The molecule has 1 unspecified atom stereocenters. The first-order valence-corrected chi connectivity index (χ1v) is 9.90. The van der Waals surface area contributed by atoms with E-state index in [9.17, 15) is 9.59 Å². The van der Waals surface area contributed by atoms with Crippen molar-refractivity contribution in [3.8, 4) is 0 Å². The van der Waals surface area contributed by atoms with Gasteiger partial charge in [0, 0.05) is 22.4 Å². The highest BCUT2D eigenvalue weighted by molar-refractivity contribution is 9.10. The van der Waals surface area contributed by atoms with Crippen LogP contribution in [0.4, 0.5) is 0 Å². The fourth-order valence-electron chi connectivity index (χ4n) is 3.27. The number of hydrogen-bond donors (Lipinski definition) is 0. The maximum atomic E-state index is 13.2. The molecule has 1 aliphatic heterocycles. The molecule has 0 N–H and O–H groups in total. The lowest BCUT2D eigenvalue weighted by atomic mass is 10.0. The van der Waals surface area contributed by atoms with Crippen LogP contribution in [-0.4, -0.2) is 42.9 Å². The van der Waals surface area contributed by atoms with Crippen molar-refractivity contribution in [2.75, 3.05) is 27.2 Å². The molecule has 7 heteroatoms. The van der Waals surface area contributed by atoms with Gasteiger partial charge in [-0.15, -0.1) is 11.3 Å². The van der Waals surface area contributed by atoms with Crippen LogP contribution in [0, 0.1) is 0 Å². The Morgan fingerprint density at radius 1 is 1.27 bits per heavy atom. The largest absolute Gasteiger partial charge is 0.450 e. The van der Waals surface area contributed by atoms with E-state index in [-0.39, 0.29) is 17.1 Å². The van der Waals surface area contributed by atoms with Crippen molar-refractivity contribution < 1.29 is 9.21 Å². The molecule has 3 heterocycles. The number of carbonyl (C=O) groups is 1. The molecule has 134 valence electrons. The third-order valence-electron chi connectivity index (χ3n) is 4.53. The zero-order chi connectivity index (χ0) is 18.4. The first-order valence-electron chi connectivity index (χ1n) is 8.22. The lowest BCUT2D eigenvalue weighted by molar-refractivity contribution is 0.0718. The standard InChI is InChI=1S/C19H17BrN2O3S/c1-21(2)7-8-22-16(14-4-3-9-26-14)15-17(23)12-10-11(20)5-6-13(12)25-18(15)19(22)24/h3-6,9-10,16H,7-8H2,1-2H3. The minimum absolute atomic E-state index is 0.137. The Bertz CT molecular complexity index is 1040. The average molecular weight is 433 g/mol. The van der Waals surface area contributed by atoms with Crippen LogP contribution in [0.2, 0.25) is 0 Å². The smallest absolute Gasteiger partial charge is 0.290 e. The SMILES string of the molecule is CN(C)CCN1C(=O)c2oc3ccc(Br)cc3c(=O)c2C1c1cccs1. The van der Waals surface area contributed by atoms with Crippen molar-refractivity contribution in [1.82, 2.24) is 9.80 Å². The zero-order valence-corrected chi connectivity index (χ0v) is 16.8. The Morgan fingerprint density at radius 3 is 2.77 bits per heavy atom. The number of likely N-dealkylation sites (N-methyl/N-ethyl adjacent to an activating group) is 1. The van der Waals surface area contributed by atoms with Crippen molar-refractivity contribution in [1.29, 1.82) is 0 Å². The molecule has 5 nitrogen and oxygen atoms in total.